The quantitative estimate of drug-likeness (QED) is 0.674. The van der Waals surface area contributed by atoms with Gasteiger partial charge in [-0.1, -0.05) is 50.8 Å². The number of aromatic nitrogens is 2. The van der Waals surface area contributed by atoms with Gasteiger partial charge in [0.25, 0.3) is 5.91 Å². The van der Waals surface area contributed by atoms with Crippen LogP contribution in [0.3, 0.4) is 0 Å². The lowest BCUT2D eigenvalue weighted by Crippen LogP contribution is -2.16. The van der Waals surface area contributed by atoms with Crippen molar-refractivity contribution in [3.8, 4) is 0 Å². The van der Waals surface area contributed by atoms with E-state index in [1.807, 2.05) is 45.0 Å². The molecular weight excluding hydrogens is 284 g/mol. The predicted molar refractivity (Wildman–Crippen MR) is 95.1 cm³/mol. The molecule has 3 heteroatoms. The molecule has 0 aliphatic heterocycles. The number of carbonyl (C=O) groups excluding carboxylic acids is 1. The van der Waals surface area contributed by atoms with Gasteiger partial charge in [-0.15, -0.1) is 0 Å². The van der Waals surface area contributed by atoms with Gasteiger partial charge in [-0.3, -0.25) is 4.79 Å². The number of hydrogen-bond acceptors (Lipinski definition) is 2. The van der Waals surface area contributed by atoms with Gasteiger partial charge in [-0.05, 0) is 50.8 Å². The third kappa shape index (κ3) is 4.10. The fourth-order valence-corrected chi connectivity index (χ4v) is 3.07. The zero-order chi connectivity index (χ0) is 16.8. The second kappa shape index (κ2) is 8.09. The first-order valence-corrected chi connectivity index (χ1v) is 8.71. The molecule has 0 radical (unpaired) electrons. The molecule has 23 heavy (non-hydrogen) atoms. The minimum absolute atomic E-state index is 0.0269. The van der Waals surface area contributed by atoms with Crippen LogP contribution < -0.4 is 0 Å². The standard InChI is InChI=1S/C20H28N2O/c1-5-6-7-8-9-14-19-16(3)21-22(17(19)4)20(23)18-13-11-10-12-15(18)2/h10-13H,5-9,14H2,1-4H3. The van der Waals surface area contributed by atoms with Crippen LogP contribution in [0.1, 0.15) is 71.9 Å². The maximum absolute atomic E-state index is 12.8. The maximum Gasteiger partial charge on any atom is 0.278 e. The fourth-order valence-electron chi connectivity index (χ4n) is 3.07. The largest absolute Gasteiger partial charge is 0.278 e. The second-order valence-electron chi connectivity index (χ2n) is 6.35. The van der Waals surface area contributed by atoms with Crippen LogP contribution >= 0.6 is 0 Å². The minimum Gasteiger partial charge on any atom is -0.267 e. The van der Waals surface area contributed by atoms with E-state index in [-0.39, 0.29) is 5.91 Å². The number of benzene rings is 1. The van der Waals surface area contributed by atoms with Crippen LogP contribution in [0.15, 0.2) is 24.3 Å². The topological polar surface area (TPSA) is 34.9 Å². The lowest BCUT2D eigenvalue weighted by atomic mass is 10.0. The third-order valence-corrected chi connectivity index (χ3v) is 4.54. The molecule has 0 atom stereocenters. The lowest BCUT2D eigenvalue weighted by molar-refractivity contribution is 0.0941. The summed E-state index contributed by atoms with van der Waals surface area (Å²) in [5.41, 5.74) is 4.94. The first-order chi connectivity index (χ1) is 11.1. The zero-order valence-corrected chi connectivity index (χ0v) is 14.9. The number of nitrogens with zero attached hydrogens (tertiary/aromatic N) is 2. The Morgan fingerprint density at radius 3 is 2.43 bits per heavy atom. The van der Waals surface area contributed by atoms with Gasteiger partial charge in [0.05, 0.1) is 5.69 Å². The Kier molecular flexibility index (Phi) is 6.14. The molecule has 0 amide bonds. The van der Waals surface area contributed by atoms with Gasteiger partial charge in [0, 0.05) is 11.3 Å². The summed E-state index contributed by atoms with van der Waals surface area (Å²) in [6.45, 7) is 8.22. The van der Waals surface area contributed by atoms with Gasteiger partial charge >= 0.3 is 0 Å². The van der Waals surface area contributed by atoms with E-state index in [9.17, 15) is 4.79 Å². The van der Waals surface area contributed by atoms with E-state index in [1.54, 1.807) is 4.68 Å². The average molecular weight is 312 g/mol. The molecular formula is C20H28N2O. The Balaban J connectivity index is 2.14. The van der Waals surface area contributed by atoms with Crippen molar-refractivity contribution >= 4 is 5.91 Å². The van der Waals surface area contributed by atoms with Crippen LogP contribution in [0.2, 0.25) is 0 Å². The number of unbranched alkanes of at least 4 members (excludes halogenated alkanes) is 4. The normalized spacial score (nSPS) is 11.0. The van der Waals surface area contributed by atoms with E-state index in [2.05, 4.69) is 12.0 Å². The Labute approximate surface area is 139 Å². The van der Waals surface area contributed by atoms with Crippen molar-refractivity contribution < 1.29 is 4.79 Å². The first-order valence-electron chi connectivity index (χ1n) is 8.71. The molecule has 0 saturated heterocycles. The van der Waals surface area contributed by atoms with E-state index in [0.29, 0.717) is 0 Å². The highest BCUT2D eigenvalue weighted by molar-refractivity contribution is 5.97. The molecule has 2 rings (SSSR count). The van der Waals surface area contributed by atoms with Gasteiger partial charge < -0.3 is 0 Å². The number of rotatable bonds is 7. The van der Waals surface area contributed by atoms with Crippen molar-refractivity contribution in [1.82, 2.24) is 9.78 Å². The first kappa shape index (κ1) is 17.5. The van der Waals surface area contributed by atoms with Gasteiger partial charge in [-0.25, -0.2) is 4.68 Å². The molecule has 3 nitrogen and oxygen atoms in total. The van der Waals surface area contributed by atoms with Gasteiger partial charge in [0.15, 0.2) is 0 Å². The molecule has 0 fully saturated rings. The summed E-state index contributed by atoms with van der Waals surface area (Å²) in [6, 6.07) is 7.70. The Morgan fingerprint density at radius 2 is 1.74 bits per heavy atom. The smallest absolute Gasteiger partial charge is 0.267 e. The van der Waals surface area contributed by atoms with Crippen molar-refractivity contribution in [3.63, 3.8) is 0 Å². The second-order valence-corrected chi connectivity index (χ2v) is 6.35. The molecule has 0 aliphatic carbocycles. The van der Waals surface area contributed by atoms with Crippen molar-refractivity contribution in [2.45, 2.75) is 66.2 Å². The van der Waals surface area contributed by atoms with Crippen LogP contribution in [0.4, 0.5) is 0 Å². The minimum atomic E-state index is -0.0269. The molecule has 0 aliphatic rings. The van der Waals surface area contributed by atoms with Crippen molar-refractivity contribution in [1.29, 1.82) is 0 Å². The maximum atomic E-state index is 12.8. The number of carbonyl (C=O) groups is 1. The van der Waals surface area contributed by atoms with Gasteiger partial charge in [-0.2, -0.15) is 5.10 Å². The van der Waals surface area contributed by atoms with Crippen LogP contribution in [-0.4, -0.2) is 15.7 Å². The summed E-state index contributed by atoms with van der Waals surface area (Å²) >= 11 is 0. The Hall–Kier alpha value is -1.90. The molecule has 0 spiro atoms. The number of hydrogen-bond donors (Lipinski definition) is 0. The summed E-state index contributed by atoms with van der Waals surface area (Å²) in [4.78, 5) is 12.8. The van der Waals surface area contributed by atoms with Crippen molar-refractivity contribution in [2.75, 3.05) is 0 Å². The van der Waals surface area contributed by atoms with Crippen LogP contribution in [0.25, 0.3) is 0 Å². The number of aryl methyl sites for hydroxylation is 2. The monoisotopic (exact) mass is 312 g/mol. The van der Waals surface area contributed by atoms with E-state index in [4.69, 9.17) is 0 Å². The van der Waals surface area contributed by atoms with Gasteiger partial charge in [0.2, 0.25) is 0 Å². The van der Waals surface area contributed by atoms with Crippen LogP contribution in [-0.2, 0) is 6.42 Å². The molecule has 0 saturated carbocycles. The zero-order valence-electron chi connectivity index (χ0n) is 14.9. The van der Waals surface area contributed by atoms with Crippen molar-refractivity contribution in [2.24, 2.45) is 0 Å². The lowest BCUT2D eigenvalue weighted by Gasteiger charge is -2.07. The molecule has 1 aromatic heterocycles. The molecule has 1 heterocycles. The fraction of sp³-hybridized carbons (Fsp3) is 0.500. The highest BCUT2D eigenvalue weighted by Crippen LogP contribution is 2.19. The van der Waals surface area contributed by atoms with Crippen molar-refractivity contribution in [3.05, 3.63) is 52.3 Å². The Morgan fingerprint density at radius 1 is 1.04 bits per heavy atom. The van der Waals surface area contributed by atoms with E-state index in [0.717, 1.165) is 28.9 Å². The predicted octanol–water partition coefficient (Wildman–Crippen LogP) is 5.01. The summed E-state index contributed by atoms with van der Waals surface area (Å²) in [6.07, 6.45) is 7.31. The van der Waals surface area contributed by atoms with Crippen LogP contribution in [0.5, 0.6) is 0 Å². The summed E-state index contributed by atoms with van der Waals surface area (Å²) in [5, 5.41) is 4.51. The molecule has 0 N–H and O–H groups in total. The summed E-state index contributed by atoms with van der Waals surface area (Å²) < 4.78 is 1.58. The summed E-state index contributed by atoms with van der Waals surface area (Å²) in [7, 11) is 0. The molecule has 2 aromatic rings. The van der Waals surface area contributed by atoms with Crippen LogP contribution in [0, 0.1) is 20.8 Å². The molecule has 0 unspecified atom stereocenters. The highest BCUT2D eigenvalue weighted by Gasteiger charge is 2.18. The average Bonchev–Trinajstić information content (AvgIpc) is 2.82. The van der Waals surface area contributed by atoms with E-state index in [1.165, 1.54) is 37.7 Å². The van der Waals surface area contributed by atoms with E-state index >= 15 is 0 Å². The summed E-state index contributed by atoms with van der Waals surface area (Å²) in [5.74, 6) is -0.0269. The van der Waals surface area contributed by atoms with E-state index < -0.39 is 0 Å². The highest BCUT2D eigenvalue weighted by atomic mass is 16.2. The third-order valence-electron chi connectivity index (χ3n) is 4.54. The van der Waals surface area contributed by atoms with Gasteiger partial charge in [0.1, 0.15) is 0 Å². The molecule has 1 aromatic carbocycles. The SMILES string of the molecule is CCCCCCCc1c(C)nn(C(=O)c2ccccc2C)c1C. The molecule has 0 bridgehead atoms. The molecule has 124 valence electrons. The Bertz CT molecular complexity index is 670.